The summed E-state index contributed by atoms with van der Waals surface area (Å²) in [6, 6.07) is 7.76. The van der Waals surface area contributed by atoms with Crippen molar-refractivity contribution in [3.05, 3.63) is 38.7 Å². The molecule has 1 aromatic carbocycles. The van der Waals surface area contributed by atoms with Crippen molar-refractivity contribution in [2.45, 2.75) is 26.7 Å². The highest BCUT2D eigenvalue weighted by Crippen LogP contribution is 2.25. The Labute approximate surface area is 137 Å². The minimum Gasteiger partial charge on any atom is -0.494 e. The van der Waals surface area contributed by atoms with E-state index in [1.165, 1.54) is 0 Å². The molecule has 0 amide bonds. The quantitative estimate of drug-likeness (QED) is 0.534. The van der Waals surface area contributed by atoms with Gasteiger partial charge in [0.2, 0.25) is 0 Å². The Morgan fingerprint density at radius 3 is 2.45 bits per heavy atom. The van der Waals surface area contributed by atoms with Crippen molar-refractivity contribution in [3.8, 4) is 17.1 Å². The molecule has 0 aliphatic rings. The van der Waals surface area contributed by atoms with E-state index in [1.807, 2.05) is 31.2 Å². The molecule has 0 aliphatic carbocycles. The lowest BCUT2D eigenvalue weighted by molar-refractivity contribution is 0.340. The number of rotatable bonds is 5. The molecule has 106 valence electrons. The van der Waals surface area contributed by atoms with Gasteiger partial charge in [-0.1, -0.05) is 24.9 Å². The molecule has 5 heteroatoms. The zero-order chi connectivity index (χ0) is 14.5. The molecule has 0 fully saturated rings. The Morgan fingerprint density at radius 1 is 1.15 bits per heavy atom. The molecule has 2 rings (SSSR count). The van der Waals surface area contributed by atoms with Crippen LogP contribution in [0.3, 0.4) is 0 Å². The fourth-order valence-corrected chi connectivity index (χ4v) is 2.56. The summed E-state index contributed by atoms with van der Waals surface area (Å²) in [5.74, 6) is 1.52. The van der Waals surface area contributed by atoms with E-state index < -0.39 is 0 Å². The summed E-state index contributed by atoms with van der Waals surface area (Å²) in [6.07, 6.45) is 1.94. The molecule has 1 aromatic heterocycles. The summed E-state index contributed by atoms with van der Waals surface area (Å²) in [6.45, 7) is 4.75. The monoisotopic (exact) mass is 402 g/mol. The van der Waals surface area contributed by atoms with E-state index in [1.54, 1.807) is 0 Å². The van der Waals surface area contributed by atoms with E-state index in [4.69, 9.17) is 16.3 Å². The second kappa shape index (κ2) is 7.22. The fraction of sp³-hybridized carbons (Fsp3) is 0.333. The molecule has 0 N–H and O–H groups in total. The number of aryl methyl sites for hydroxylation is 1. The number of halogens is 2. The summed E-state index contributed by atoms with van der Waals surface area (Å²) in [7, 11) is 0. The molecule has 0 spiro atoms. The first kappa shape index (κ1) is 15.5. The van der Waals surface area contributed by atoms with Crippen molar-refractivity contribution in [2.24, 2.45) is 0 Å². The number of ether oxygens (including phenoxy) is 1. The molecule has 3 nitrogen and oxygen atoms in total. The molecule has 0 aliphatic heterocycles. The van der Waals surface area contributed by atoms with Crippen molar-refractivity contribution >= 4 is 34.2 Å². The average Bonchev–Trinajstić information content (AvgIpc) is 2.45. The van der Waals surface area contributed by atoms with Crippen LogP contribution in [0.25, 0.3) is 11.4 Å². The third-order valence-corrected chi connectivity index (χ3v) is 4.52. The summed E-state index contributed by atoms with van der Waals surface area (Å²) >= 11 is 8.41. The molecule has 2 aromatic rings. The van der Waals surface area contributed by atoms with Crippen molar-refractivity contribution in [2.75, 3.05) is 6.61 Å². The average molecular weight is 403 g/mol. The van der Waals surface area contributed by atoms with E-state index in [9.17, 15) is 0 Å². The zero-order valence-electron chi connectivity index (χ0n) is 11.5. The Bertz CT molecular complexity index is 587. The molecular weight excluding hydrogens is 387 g/mol. The predicted octanol–water partition coefficient (Wildman–Crippen LogP) is 4.75. The van der Waals surface area contributed by atoms with Crippen LogP contribution in [0.4, 0.5) is 0 Å². The van der Waals surface area contributed by atoms with E-state index in [2.05, 4.69) is 39.5 Å². The minimum absolute atomic E-state index is 0.521. The smallest absolute Gasteiger partial charge is 0.161 e. The second-order valence-corrected chi connectivity index (χ2v) is 5.74. The Hall–Kier alpha value is -0.880. The van der Waals surface area contributed by atoms with Gasteiger partial charge in [-0.25, -0.2) is 9.97 Å². The van der Waals surface area contributed by atoms with Crippen LogP contribution in [-0.4, -0.2) is 16.6 Å². The van der Waals surface area contributed by atoms with E-state index in [0.717, 1.165) is 33.4 Å². The van der Waals surface area contributed by atoms with Crippen LogP contribution in [0.2, 0.25) is 5.15 Å². The first-order valence-electron chi connectivity index (χ1n) is 6.60. The highest BCUT2D eigenvalue weighted by atomic mass is 127. The van der Waals surface area contributed by atoms with Gasteiger partial charge in [-0.2, -0.15) is 0 Å². The maximum Gasteiger partial charge on any atom is 0.161 e. The van der Waals surface area contributed by atoms with Gasteiger partial charge in [0.05, 0.1) is 15.9 Å². The van der Waals surface area contributed by atoms with Crippen LogP contribution in [0.5, 0.6) is 5.75 Å². The topological polar surface area (TPSA) is 35.0 Å². The molecule has 0 bridgehead atoms. The first-order chi connectivity index (χ1) is 9.65. The van der Waals surface area contributed by atoms with Gasteiger partial charge in [0.1, 0.15) is 10.9 Å². The van der Waals surface area contributed by atoms with Crippen molar-refractivity contribution < 1.29 is 4.74 Å². The standard InChI is InChI=1S/C15H16ClIN2O/c1-3-5-12-13(17)14(16)19-15(18-12)10-6-8-11(9-7-10)20-4-2/h6-9H,3-5H2,1-2H3. The summed E-state index contributed by atoms with van der Waals surface area (Å²) in [5, 5.41) is 0.521. The van der Waals surface area contributed by atoms with Gasteiger partial charge in [-0.15, -0.1) is 0 Å². The van der Waals surface area contributed by atoms with Crippen LogP contribution in [-0.2, 0) is 6.42 Å². The molecule has 0 saturated carbocycles. The van der Waals surface area contributed by atoms with Gasteiger partial charge < -0.3 is 4.74 Å². The molecule has 1 heterocycles. The van der Waals surface area contributed by atoms with Crippen LogP contribution < -0.4 is 4.74 Å². The molecular formula is C15H16ClIN2O. The Morgan fingerprint density at radius 2 is 1.85 bits per heavy atom. The number of benzene rings is 1. The van der Waals surface area contributed by atoms with Crippen LogP contribution >= 0.6 is 34.2 Å². The van der Waals surface area contributed by atoms with Gasteiger partial charge in [0.25, 0.3) is 0 Å². The van der Waals surface area contributed by atoms with Crippen LogP contribution in [0, 0.1) is 3.57 Å². The lowest BCUT2D eigenvalue weighted by Crippen LogP contribution is -2.00. The lowest BCUT2D eigenvalue weighted by atomic mass is 10.2. The molecule has 0 atom stereocenters. The van der Waals surface area contributed by atoms with Crippen molar-refractivity contribution in [1.82, 2.24) is 9.97 Å². The van der Waals surface area contributed by atoms with E-state index in [-0.39, 0.29) is 0 Å². The maximum absolute atomic E-state index is 6.20. The summed E-state index contributed by atoms with van der Waals surface area (Å²) in [5.41, 5.74) is 1.96. The SMILES string of the molecule is CCCc1nc(-c2ccc(OCC)cc2)nc(Cl)c1I. The van der Waals surface area contributed by atoms with E-state index in [0.29, 0.717) is 17.6 Å². The largest absolute Gasteiger partial charge is 0.494 e. The minimum atomic E-state index is 0.521. The molecule has 0 radical (unpaired) electrons. The summed E-state index contributed by atoms with van der Waals surface area (Å²) in [4.78, 5) is 8.99. The number of hydrogen-bond acceptors (Lipinski definition) is 3. The molecule has 20 heavy (non-hydrogen) atoms. The highest BCUT2D eigenvalue weighted by Gasteiger charge is 2.11. The van der Waals surface area contributed by atoms with Crippen LogP contribution in [0.1, 0.15) is 26.0 Å². The van der Waals surface area contributed by atoms with E-state index >= 15 is 0 Å². The zero-order valence-corrected chi connectivity index (χ0v) is 14.4. The van der Waals surface area contributed by atoms with Crippen molar-refractivity contribution in [3.63, 3.8) is 0 Å². The van der Waals surface area contributed by atoms with Gasteiger partial charge in [0.15, 0.2) is 5.82 Å². The Balaban J connectivity index is 2.36. The normalized spacial score (nSPS) is 10.6. The third-order valence-electron chi connectivity index (χ3n) is 2.79. The number of aromatic nitrogens is 2. The molecule has 0 saturated heterocycles. The highest BCUT2D eigenvalue weighted by molar-refractivity contribution is 14.1. The first-order valence-corrected chi connectivity index (χ1v) is 8.06. The van der Waals surface area contributed by atoms with Gasteiger partial charge in [-0.3, -0.25) is 0 Å². The van der Waals surface area contributed by atoms with Gasteiger partial charge in [0, 0.05) is 5.56 Å². The predicted molar refractivity (Wildman–Crippen MR) is 90.4 cm³/mol. The van der Waals surface area contributed by atoms with Crippen LogP contribution in [0.15, 0.2) is 24.3 Å². The Kier molecular flexibility index (Phi) is 5.60. The number of nitrogens with zero attached hydrogens (tertiary/aromatic N) is 2. The molecule has 0 unspecified atom stereocenters. The van der Waals surface area contributed by atoms with Gasteiger partial charge >= 0.3 is 0 Å². The maximum atomic E-state index is 6.20. The number of hydrogen-bond donors (Lipinski definition) is 0. The summed E-state index contributed by atoms with van der Waals surface area (Å²) < 4.78 is 6.38. The van der Waals surface area contributed by atoms with Gasteiger partial charge in [-0.05, 0) is 60.2 Å². The second-order valence-electron chi connectivity index (χ2n) is 4.31. The third kappa shape index (κ3) is 3.61. The lowest BCUT2D eigenvalue weighted by Gasteiger charge is -2.08. The fourth-order valence-electron chi connectivity index (χ4n) is 1.86. The van der Waals surface area contributed by atoms with Crippen molar-refractivity contribution in [1.29, 1.82) is 0 Å².